The highest BCUT2D eigenvalue weighted by atomic mass is 32.2. The maximum absolute atomic E-state index is 11.6. The van der Waals surface area contributed by atoms with Gasteiger partial charge in [0.15, 0.2) is 16.7 Å². The van der Waals surface area contributed by atoms with E-state index in [-0.39, 0.29) is 16.9 Å². The summed E-state index contributed by atoms with van der Waals surface area (Å²) in [4.78, 5) is 11.6. The molecule has 1 rings (SSSR count). The fourth-order valence-electron chi connectivity index (χ4n) is 3.18. The Kier molecular flexibility index (Phi) is 8.00. The summed E-state index contributed by atoms with van der Waals surface area (Å²) in [5.74, 6) is -0.194. The normalized spacial score (nSPS) is 24.4. The lowest BCUT2D eigenvalue weighted by Gasteiger charge is -2.17. The maximum atomic E-state index is 11.6. The van der Waals surface area contributed by atoms with Gasteiger partial charge >= 0.3 is 5.91 Å². The number of carbonyl (C=O) groups is 1. The summed E-state index contributed by atoms with van der Waals surface area (Å²) in [5, 5.41) is -1.02. The summed E-state index contributed by atoms with van der Waals surface area (Å²) in [5.41, 5.74) is 0. The first kappa shape index (κ1) is 19.6. The van der Waals surface area contributed by atoms with E-state index in [4.69, 9.17) is 0 Å². The third-order valence-corrected chi connectivity index (χ3v) is 5.99. The first-order valence-corrected chi connectivity index (χ1v) is 10.1. The lowest BCUT2D eigenvalue weighted by molar-refractivity contribution is -0.725. The fraction of sp³-hybridized carbons (Fsp3) is 0.938. The van der Waals surface area contributed by atoms with Gasteiger partial charge in [0.1, 0.15) is 0 Å². The number of hydrogen-bond donors (Lipinski definition) is 0. The molecule has 1 saturated heterocycles. The van der Waals surface area contributed by atoms with Crippen LogP contribution in [0.15, 0.2) is 0 Å². The molecule has 0 N–H and O–H groups in total. The number of nitrogens with zero attached hydrogens (tertiary/aromatic N) is 1. The van der Waals surface area contributed by atoms with Gasteiger partial charge in [0, 0.05) is 0 Å². The van der Waals surface area contributed by atoms with E-state index in [2.05, 4.69) is 6.92 Å². The average Bonchev–Trinajstić information content (AvgIpc) is 3.17. The monoisotopic (exact) mass is 333 g/mol. The van der Waals surface area contributed by atoms with E-state index in [1.165, 1.54) is 51.9 Å². The molecule has 1 aliphatic rings. The summed E-state index contributed by atoms with van der Waals surface area (Å²) in [6.07, 6.45) is 12.0. The molecule has 1 amide bonds. The largest absolute Gasteiger partial charge is 0.743 e. The predicted octanol–water partition coefficient (Wildman–Crippen LogP) is 3.16. The van der Waals surface area contributed by atoms with Crippen molar-refractivity contribution in [3.63, 3.8) is 0 Å². The van der Waals surface area contributed by atoms with Crippen LogP contribution >= 0.6 is 0 Å². The Bertz CT molecular complexity index is 449. The number of hydrogen-bond acceptors (Lipinski definition) is 4. The van der Waals surface area contributed by atoms with Crippen molar-refractivity contribution in [3.05, 3.63) is 0 Å². The molecule has 0 spiro atoms. The van der Waals surface area contributed by atoms with Gasteiger partial charge in [0.2, 0.25) is 5.37 Å². The number of amides is 1. The molecule has 0 aromatic carbocycles. The van der Waals surface area contributed by atoms with Crippen LogP contribution < -0.4 is 0 Å². The van der Waals surface area contributed by atoms with Gasteiger partial charge < -0.3 is 4.55 Å². The number of carbonyl (C=O) groups excluding carboxylic acids is 1. The van der Waals surface area contributed by atoms with Crippen molar-refractivity contribution >= 4 is 16.0 Å². The maximum Gasteiger partial charge on any atom is 0.312 e. The van der Waals surface area contributed by atoms with Crippen LogP contribution in [0.4, 0.5) is 0 Å². The third-order valence-electron chi connectivity index (χ3n) is 4.77. The SMILES string of the molecule is CCCCCCCCCCCC[N+]1(C(C)=O)CC1S(=O)(=O)[O-]. The molecule has 2 atom stereocenters. The average molecular weight is 333 g/mol. The van der Waals surface area contributed by atoms with E-state index >= 15 is 0 Å². The molecule has 0 aromatic rings. The van der Waals surface area contributed by atoms with E-state index in [0.29, 0.717) is 6.54 Å². The second-order valence-corrected chi connectivity index (χ2v) is 8.12. The first-order valence-electron chi connectivity index (χ1n) is 8.67. The molecule has 22 heavy (non-hydrogen) atoms. The highest BCUT2D eigenvalue weighted by Gasteiger charge is 2.62. The Morgan fingerprint density at radius 1 is 1.00 bits per heavy atom. The van der Waals surface area contributed by atoms with Crippen LogP contribution in [0, 0.1) is 0 Å². The minimum atomic E-state index is -4.34. The lowest BCUT2D eigenvalue weighted by atomic mass is 10.1. The Hall–Kier alpha value is -0.460. The number of rotatable bonds is 12. The minimum absolute atomic E-state index is 0.136. The molecule has 0 saturated carbocycles. The van der Waals surface area contributed by atoms with Gasteiger partial charge in [-0.05, 0) is 12.8 Å². The van der Waals surface area contributed by atoms with Gasteiger partial charge in [-0.15, -0.1) is 0 Å². The standard InChI is InChI=1S/C16H31NO4S/c1-3-4-5-6-7-8-9-10-11-12-13-17(15(2)18)14-16(17)22(19,20)21/h16H,3-14H2,1-2H3. The summed E-state index contributed by atoms with van der Waals surface area (Å²) in [7, 11) is -4.34. The molecule has 5 nitrogen and oxygen atoms in total. The predicted molar refractivity (Wildman–Crippen MR) is 86.0 cm³/mol. The summed E-state index contributed by atoms with van der Waals surface area (Å²) < 4.78 is 33.1. The van der Waals surface area contributed by atoms with Crippen molar-refractivity contribution in [2.45, 2.75) is 83.4 Å². The van der Waals surface area contributed by atoms with E-state index in [0.717, 1.165) is 19.3 Å². The van der Waals surface area contributed by atoms with Crippen molar-refractivity contribution in [2.24, 2.45) is 0 Å². The molecule has 0 aliphatic carbocycles. The molecule has 1 fully saturated rings. The minimum Gasteiger partial charge on any atom is -0.743 e. The van der Waals surface area contributed by atoms with Gasteiger partial charge in [-0.3, -0.25) is 0 Å². The Labute approximate surface area is 135 Å². The molecule has 1 aliphatic heterocycles. The first-order chi connectivity index (χ1) is 10.3. The Morgan fingerprint density at radius 3 is 1.82 bits per heavy atom. The van der Waals surface area contributed by atoms with Crippen molar-refractivity contribution in [3.8, 4) is 0 Å². The molecule has 130 valence electrons. The van der Waals surface area contributed by atoms with Crippen LogP contribution in [-0.4, -0.2) is 41.8 Å². The molecule has 0 radical (unpaired) electrons. The van der Waals surface area contributed by atoms with E-state index in [9.17, 15) is 17.8 Å². The molecular weight excluding hydrogens is 302 g/mol. The van der Waals surface area contributed by atoms with Gasteiger partial charge in [0.05, 0.1) is 13.5 Å². The van der Waals surface area contributed by atoms with Crippen LogP contribution in [0.3, 0.4) is 0 Å². The van der Waals surface area contributed by atoms with Crippen LogP contribution in [-0.2, 0) is 14.9 Å². The molecule has 0 bridgehead atoms. The Balaban J connectivity index is 2.10. The van der Waals surface area contributed by atoms with Gasteiger partial charge in [0.25, 0.3) is 0 Å². The smallest absolute Gasteiger partial charge is 0.312 e. The van der Waals surface area contributed by atoms with Crippen molar-refractivity contribution < 1.29 is 22.2 Å². The Morgan fingerprint density at radius 2 is 1.45 bits per heavy atom. The summed E-state index contributed by atoms with van der Waals surface area (Å²) in [6, 6.07) is 0. The van der Waals surface area contributed by atoms with Gasteiger partial charge in [-0.2, -0.15) is 0 Å². The zero-order valence-electron chi connectivity index (χ0n) is 14.1. The topological polar surface area (TPSA) is 74.3 Å². The van der Waals surface area contributed by atoms with Gasteiger partial charge in [-0.1, -0.05) is 58.3 Å². The zero-order valence-corrected chi connectivity index (χ0v) is 14.9. The highest BCUT2D eigenvalue weighted by Crippen LogP contribution is 2.35. The molecule has 6 heteroatoms. The van der Waals surface area contributed by atoms with Crippen LogP contribution in [0.2, 0.25) is 0 Å². The lowest BCUT2D eigenvalue weighted by Crippen LogP contribution is -2.37. The molecule has 1 heterocycles. The van der Waals surface area contributed by atoms with Crippen molar-refractivity contribution in [1.82, 2.24) is 0 Å². The van der Waals surface area contributed by atoms with Crippen LogP contribution in [0.25, 0.3) is 0 Å². The van der Waals surface area contributed by atoms with Crippen molar-refractivity contribution in [2.75, 3.05) is 13.1 Å². The van der Waals surface area contributed by atoms with Crippen LogP contribution in [0.5, 0.6) is 0 Å². The molecule has 2 unspecified atom stereocenters. The fourth-order valence-corrected chi connectivity index (χ4v) is 4.37. The summed E-state index contributed by atoms with van der Waals surface area (Å²) >= 11 is 0. The van der Waals surface area contributed by atoms with E-state index in [1.807, 2.05) is 0 Å². The quantitative estimate of drug-likeness (QED) is 0.238. The second-order valence-electron chi connectivity index (χ2n) is 6.59. The summed E-state index contributed by atoms with van der Waals surface area (Å²) in [6.45, 7) is 4.28. The number of unbranched alkanes of at least 4 members (excludes halogenated alkanes) is 9. The second kappa shape index (κ2) is 8.99. The van der Waals surface area contributed by atoms with E-state index < -0.39 is 15.5 Å². The third kappa shape index (κ3) is 5.97. The number of quaternary nitrogens is 1. The molecule has 0 aromatic heterocycles. The zero-order chi connectivity index (χ0) is 16.6. The van der Waals surface area contributed by atoms with Crippen molar-refractivity contribution in [1.29, 1.82) is 0 Å². The van der Waals surface area contributed by atoms with Gasteiger partial charge in [-0.25, -0.2) is 17.7 Å². The highest BCUT2D eigenvalue weighted by molar-refractivity contribution is 7.86. The van der Waals surface area contributed by atoms with Crippen LogP contribution in [0.1, 0.15) is 78.1 Å². The molecular formula is C16H31NO4S. The van der Waals surface area contributed by atoms with E-state index in [1.54, 1.807) is 0 Å².